The first-order chi connectivity index (χ1) is 12.0. The molecule has 7 heteroatoms. The maximum atomic E-state index is 12.0. The van der Waals surface area contributed by atoms with Crippen molar-refractivity contribution in [2.45, 2.75) is 13.0 Å². The highest BCUT2D eigenvalue weighted by molar-refractivity contribution is 6.30. The normalized spacial score (nSPS) is 11.1. The SMILES string of the molecule is C[C@H](OC(=O)COc1ccc(Cl)cc1)C(=O)Nc1cccc(C#N)c1. The van der Waals surface area contributed by atoms with Gasteiger partial charge in [0.1, 0.15) is 5.75 Å². The summed E-state index contributed by atoms with van der Waals surface area (Å²) in [5, 5.41) is 12.0. The van der Waals surface area contributed by atoms with Crippen LogP contribution in [-0.4, -0.2) is 24.6 Å². The molecule has 128 valence electrons. The number of ether oxygens (including phenoxy) is 2. The maximum Gasteiger partial charge on any atom is 0.344 e. The van der Waals surface area contributed by atoms with Crippen LogP contribution in [0.3, 0.4) is 0 Å². The third-order valence-electron chi connectivity index (χ3n) is 3.11. The molecular weight excluding hydrogens is 344 g/mol. The number of nitriles is 1. The average molecular weight is 359 g/mol. The second-order valence-corrected chi connectivity index (χ2v) is 5.49. The van der Waals surface area contributed by atoms with Gasteiger partial charge in [-0.1, -0.05) is 17.7 Å². The molecule has 1 N–H and O–H groups in total. The summed E-state index contributed by atoms with van der Waals surface area (Å²) in [6, 6.07) is 14.9. The van der Waals surface area contributed by atoms with Crippen LogP contribution in [0.4, 0.5) is 5.69 Å². The summed E-state index contributed by atoms with van der Waals surface area (Å²) in [5.74, 6) is -0.718. The summed E-state index contributed by atoms with van der Waals surface area (Å²) in [6.07, 6.45) is -1.01. The van der Waals surface area contributed by atoms with E-state index < -0.39 is 18.0 Å². The van der Waals surface area contributed by atoms with E-state index in [1.54, 1.807) is 42.5 Å². The average Bonchev–Trinajstić information content (AvgIpc) is 2.61. The number of hydrogen-bond donors (Lipinski definition) is 1. The predicted octanol–water partition coefficient (Wildman–Crippen LogP) is 3.16. The first kappa shape index (κ1) is 18.3. The number of rotatable bonds is 6. The molecule has 0 fully saturated rings. The minimum Gasteiger partial charge on any atom is -0.482 e. The number of anilines is 1. The van der Waals surface area contributed by atoms with Gasteiger partial charge in [0, 0.05) is 10.7 Å². The van der Waals surface area contributed by atoms with Crippen LogP contribution in [-0.2, 0) is 14.3 Å². The summed E-state index contributed by atoms with van der Waals surface area (Å²) in [5.41, 5.74) is 0.864. The fraction of sp³-hybridized carbons (Fsp3) is 0.167. The Balaban J connectivity index is 1.82. The van der Waals surface area contributed by atoms with Crippen LogP contribution in [0.25, 0.3) is 0 Å². The van der Waals surface area contributed by atoms with Crippen molar-refractivity contribution in [2.75, 3.05) is 11.9 Å². The second-order valence-electron chi connectivity index (χ2n) is 5.06. The second kappa shape index (κ2) is 8.71. The number of halogens is 1. The fourth-order valence-corrected chi connectivity index (χ4v) is 1.99. The molecule has 0 unspecified atom stereocenters. The largest absolute Gasteiger partial charge is 0.482 e. The van der Waals surface area contributed by atoms with Crippen LogP contribution in [0.5, 0.6) is 5.75 Å². The lowest BCUT2D eigenvalue weighted by Gasteiger charge is -2.14. The van der Waals surface area contributed by atoms with Crippen LogP contribution >= 0.6 is 11.6 Å². The highest BCUT2D eigenvalue weighted by Gasteiger charge is 2.18. The Morgan fingerprint density at radius 2 is 1.96 bits per heavy atom. The summed E-state index contributed by atoms with van der Waals surface area (Å²) in [4.78, 5) is 23.8. The molecule has 1 amide bonds. The zero-order chi connectivity index (χ0) is 18.2. The predicted molar refractivity (Wildman–Crippen MR) is 92.3 cm³/mol. The van der Waals surface area contributed by atoms with E-state index in [-0.39, 0.29) is 6.61 Å². The molecule has 0 aliphatic rings. The molecule has 0 heterocycles. The van der Waals surface area contributed by atoms with E-state index in [4.69, 9.17) is 26.3 Å². The van der Waals surface area contributed by atoms with E-state index in [0.29, 0.717) is 22.0 Å². The van der Waals surface area contributed by atoms with Gasteiger partial charge in [-0.15, -0.1) is 0 Å². The van der Waals surface area contributed by atoms with Gasteiger partial charge in [-0.3, -0.25) is 4.79 Å². The highest BCUT2D eigenvalue weighted by Crippen LogP contribution is 2.15. The van der Waals surface area contributed by atoms with Crippen LogP contribution in [0.2, 0.25) is 5.02 Å². The molecule has 2 aromatic rings. The van der Waals surface area contributed by atoms with Crippen LogP contribution in [0.15, 0.2) is 48.5 Å². The molecule has 0 aromatic heterocycles. The van der Waals surface area contributed by atoms with Crippen LogP contribution < -0.4 is 10.1 Å². The number of carbonyl (C=O) groups excluding carboxylic acids is 2. The molecule has 25 heavy (non-hydrogen) atoms. The van der Waals surface area contributed by atoms with Crippen molar-refractivity contribution in [1.29, 1.82) is 5.26 Å². The quantitative estimate of drug-likeness (QED) is 0.801. The smallest absolute Gasteiger partial charge is 0.344 e. The zero-order valence-electron chi connectivity index (χ0n) is 13.4. The first-order valence-electron chi connectivity index (χ1n) is 7.37. The number of nitrogens with one attached hydrogen (secondary N) is 1. The molecule has 2 rings (SSSR count). The molecule has 0 saturated carbocycles. The van der Waals surface area contributed by atoms with E-state index in [2.05, 4.69) is 5.32 Å². The maximum absolute atomic E-state index is 12.0. The van der Waals surface area contributed by atoms with Gasteiger partial charge in [-0.2, -0.15) is 5.26 Å². The van der Waals surface area contributed by atoms with Gasteiger partial charge in [0.15, 0.2) is 12.7 Å². The summed E-state index contributed by atoms with van der Waals surface area (Å²) < 4.78 is 10.3. The van der Waals surface area contributed by atoms with Crippen molar-refractivity contribution in [1.82, 2.24) is 0 Å². The Kier molecular flexibility index (Phi) is 6.38. The van der Waals surface area contributed by atoms with E-state index in [9.17, 15) is 9.59 Å². The topological polar surface area (TPSA) is 88.4 Å². The van der Waals surface area contributed by atoms with Crippen molar-refractivity contribution < 1.29 is 19.1 Å². The lowest BCUT2D eigenvalue weighted by molar-refractivity contribution is -0.155. The van der Waals surface area contributed by atoms with E-state index >= 15 is 0 Å². The van der Waals surface area contributed by atoms with Gasteiger partial charge in [-0.05, 0) is 49.4 Å². The molecule has 6 nitrogen and oxygen atoms in total. The van der Waals surface area contributed by atoms with Crippen molar-refractivity contribution in [2.24, 2.45) is 0 Å². The van der Waals surface area contributed by atoms with Crippen molar-refractivity contribution in [3.63, 3.8) is 0 Å². The fourth-order valence-electron chi connectivity index (χ4n) is 1.87. The van der Waals surface area contributed by atoms with Crippen LogP contribution in [0.1, 0.15) is 12.5 Å². The van der Waals surface area contributed by atoms with Gasteiger partial charge < -0.3 is 14.8 Å². The lowest BCUT2D eigenvalue weighted by atomic mass is 10.2. The third-order valence-corrected chi connectivity index (χ3v) is 3.36. The van der Waals surface area contributed by atoms with Gasteiger partial charge in [-0.25, -0.2) is 4.79 Å². The van der Waals surface area contributed by atoms with Crippen LogP contribution in [0, 0.1) is 11.3 Å². The Bertz CT molecular complexity index is 799. The first-order valence-corrected chi connectivity index (χ1v) is 7.74. The van der Waals surface area contributed by atoms with Gasteiger partial charge in [0.25, 0.3) is 5.91 Å². The summed E-state index contributed by atoms with van der Waals surface area (Å²) in [7, 11) is 0. The van der Waals surface area contributed by atoms with Gasteiger partial charge >= 0.3 is 5.97 Å². The summed E-state index contributed by atoms with van der Waals surface area (Å²) in [6.45, 7) is 1.12. The molecule has 0 aliphatic carbocycles. The molecule has 2 aromatic carbocycles. The minimum atomic E-state index is -1.01. The molecular formula is C18H15ClN2O4. The number of hydrogen-bond acceptors (Lipinski definition) is 5. The molecule has 0 radical (unpaired) electrons. The number of benzene rings is 2. The zero-order valence-corrected chi connectivity index (χ0v) is 14.1. The lowest BCUT2D eigenvalue weighted by Crippen LogP contribution is -2.31. The third kappa shape index (κ3) is 5.83. The van der Waals surface area contributed by atoms with Crippen molar-refractivity contribution in [3.05, 3.63) is 59.1 Å². The van der Waals surface area contributed by atoms with E-state index in [0.717, 1.165) is 0 Å². The number of nitrogens with zero attached hydrogens (tertiary/aromatic N) is 1. The number of amides is 1. The molecule has 0 aliphatic heterocycles. The molecule has 0 saturated heterocycles. The molecule has 0 bridgehead atoms. The Morgan fingerprint density at radius 1 is 1.24 bits per heavy atom. The highest BCUT2D eigenvalue weighted by atomic mass is 35.5. The van der Waals surface area contributed by atoms with Crippen molar-refractivity contribution >= 4 is 29.2 Å². The van der Waals surface area contributed by atoms with Crippen molar-refractivity contribution in [3.8, 4) is 11.8 Å². The van der Waals surface area contributed by atoms with Gasteiger partial charge in [0.05, 0.1) is 11.6 Å². The molecule has 1 atom stereocenters. The molecule has 0 spiro atoms. The Labute approximate surface area is 149 Å². The monoisotopic (exact) mass is 358 g/mol. The number of carbonyl (C=O) groups is 2. The standard InChI is InChI=1S/C18H15ClN2O4/c1-12(18(23)21-15-4-2-3-13(9-15)10-20)25-17(22)11-24-16-7-5-14(19)6-8-16/h2-9,12H,11H2,1H3,(H,21,23)/t12-/m0/s1. The van der Waals surface area contributed by atoms with E-state index in [1.807, 2.05) is 6.07 Å². The minimum absolute atomic E-state index is 0.330. The van der Waals surface area contributed by atoms with Gasteiger partial charge in [0.2, 0.25) is 0 Å². The Morgan fingerprint density at radius 3 is 2.64 bits per heavy atom. The van der Waals surface area contributed by atoms with E-state index in [1.165, 1.54) is 13.0 Å². The summed E-state index contributed by atoms with van der Waals surface area (Å²) >= 11 is 5.75. The Hall–Kier alpha value is -3.04. The number of esters is 1.